The Morgan fingerprint density at radius 2 is 2.07 bits per heavy atom. The maximum Gasteiger partial charge on any atom is 0.0601 e. The van der Waals surface area contributed by atoms with Gasteiger partial charge in [-0.3, -0.25) is 4.90 Å². The normalized spacial score (nSPS) is 37.9. The molecule has 1 saturated heterocycles. The smallest absolute Gasteiger partial charge is 0.0601 e. The van der Waals surface area contributed by atoms with Crippen LogP contribution in [0.5, 0.6) is 0 Å². The van der Waals surface area contributed by atoms with E-state index in [1.165, 1.54) is 25.9 Å². The molecule has 14 heavy (non-hydrogen) atoms. The molecule has 0 unspecified atom stereocenters. The molecule has 1 heterocycles. The second-order valence-corrected chi connectivity index (χ2v) is 5.26. The molecule has 1 saturated carbocycles. The van der Waals surface area contributed by atoms with E-state index in [-0.39, 0.29) is 5.54 Å². The van der Waals surface area contributed by atoms with E-state index in [0.29, 0.717) is 6.10 Å². The summed E-state index contributed by atoms with van der Waals surface area (Å²) in [6.07, 6.45) is 2.98. The van der Waals surface area contributed by atoms with Crippen LogP contribution in [-0.4, -0.2) is 49.3 Å². The lowest BCUT2D eigenvalue weighted by Gasteiger charge is -2.48. The highest BCUT2D eigenvalue weighted by molar-refractivity contribution is 4.95. The summed E-state index contributed by atoms with van der Waals surface area (Å²) in [5, 5.41) is 3.54. The molecule has 2 fully saturated rings. The Morgan fingerprint density at radius 1 is 1.36 bits per heavy atom. The van der Waals surface area contributed by atoms with E-state index in [0.717, 1.165) is 12.6 Å². The quantitative estimate of drug-likeness (QED) is 0.712. The lowest BCUT2D eigenvalue weighted by atomic mass is 9.86. The minimum absolute atomic E-state index is 0.288. The fraction of sp³-hybridized carbons (Fsp3) is 1.00. The van der Waals surface area contributed by atoms with Crippen molar-refractivity contribution < 1.29 is 4.74 Å². The molecular formula is C11H22N2O. The fourth-order valence-corrected chi connectivity index (χ4v) is 2.52. The monoisotopic (exact) mass is 198 g/mol. The summed E-state index contributed by atoms with van der Waals surface area (Å²) in [5.41, 5.74) is 0.288. The second kappa shape index (κ2) is 3.80. The van der Waals surface area contributed by atoms with Crippen LogP contribution < -0.4 is 5.32 Å². The van der Waals surface area contributed by atoms with Crippen LogP contribution >= 0.6 is 0 Å². The Bertz CT molecular complexity index is 199. The predicted molar refractivity (Wildman–Crippen MR) is 57.5 cm³/mol. The average Bonchev–Trinajstić information content (AvgIpc) is 2.00. The molecule has 1 aliphatic carbocycles. The van der Waals surface area contributed by atoms with Gasteiger partial charge in [0.2, 0.25) is 0 Å². The van der Waals surface area contributed by atoms with E-state index >= 15 is 0 Å². The van der Waals surface area contributed by atoms with Crippen molar-refractivity contribution in [3.8, 4) is 0 Å². The second-order valence-electron chi connectivity index (χ2n) is 5.26. The summed E-state index contributed by atoms with van der Waals surface area (Å²) >= 11 is 0. The van der Waals surface area contributed by atoms with E-state index < -0.39 is 0 Å². The lowest BCUT2D eigenvalue weighted by molar-refractivity contribution is -0.0404. The summed E-state index contributed by atoms with van der Waals surface area (Å²) in [7, 11) is 1.82. The van der Waals surface area contributed by atoms with Crippen LogP contribution in [0, 0.1) is 0 Å². The number of nitrogens with one attached hydrogen (secondary N) is 1. The van der Waals surface area contributed by atoms with Crippen LogP contribution in [0.2, 0.25) is 0 Å². The van der Waals surface area contributed by atoms with E-state index in [2.05, 4.69) is 24.1 Å². The topological polar surface area (TPSA) is 24.5 Å². The largest absolute Gasteiger partial charge is 0.381 e. The number of nitrogens with zero attached hydrogens (tertiary/aromatic N) is 1. The van der Waals surface area contributed by atoms with Crippen molar-refractivity contribution in [3.63, 3.8) is 0 Å². The molecule has 0 radical (unpaired) electrons. The first-order valence-electron chi connectivity index (χ1n) is 5.62. The van der Waals surface area contributed by atoms with Gasteiger partial charge in [0.05, 0.1) is 6.10 Å². The van der Waals surface area contributed by atoms with Crippen molar-refractivity contribution in [1.82, 2.24) is 10.2 Å². The molecular weight excluding hydrogens is 176 g/mol. The Morgan fingerprint density at radius 3 is 2.64 bits per heavy atom. The standard InChI is InChI=1S/C11H22N2O/c1-11(2)8-13(5-4-12-11)9-6-10(7-9)14-3/h9-10,12H,4-8H2,1-3H3. The molecule has 0 bridgehead atoms. The average molecular weight is 198 g/mol. The van der Waals surface area contributed by atoms with Gasteiger partial charge in [0, 0.05) is 38.3 Å². The molecule has 0 atom stereocenters. The van der Waals surface area contributed by atoms with Gasteiger partial charge in [0.15, 0.2) is 0 Å². The van der Waals surface area contributed by atoms with Crippen molar-refractivity contribution in [2.24, 2.45) is 0 Å². The fourth-order valence-electron chi connectivity index (χ4n) is 2.52. The van der Waals surface area contributed by atoms with Gasteiger partial charge in [-0.15, -0.1) is 0 Å². The summed E-state index contributed by atoms with van der Waals surface area (Å²) < 4.78 is 5.32. The SMILES string of the molecule is COC1CC(N2CCNC(C)(C)C2)C1. The minimum atomic E-state index is 0.288. The Kier molecular flexibility index (Phi) is 2.82. The first-order chi connectivity index (χ1) is 6.61. The third-order valence-corrected chi connectivity index (χ3v) is 3.52. The number of rotatable bonds is 2. The van der Waals surface area contributed by atoms with Crippen molar-refractivity contribution in [3.05, 3.63) is 0 Å². The third kappa shape index (κ3) is 2.10. The Balaban J connectivity index is 1.82. The zero-order chi connectivity index (χ0) is 10.2. The third-order valence-electron chi connectivity index (χ3n) is 3.52. The van der Waals surface area contributed by atoms with E-state index in [4.69, 9.17) is 4.74 Å². The number of ether oxygens (including phenoxy) is 1. The van der Waals surface area contributed by atoms with Gasteiger partial charge < -0.3 is 10.1 Å². The number of hydrogen-bond donors (Lipinski definition) is 1. The molecule has 1 aliphatic heterocycles. The van der Waals surface area contributed by atoms with E-state index in [1.807, 2.05) is 7.11 Å². The summed E-state index contributed by atoms with van der Waals surface area (Å²) in [6.45, 7) is 8.07. The summed E-state index contributed by atoms with van der Waals surface area (Å²) in [4.78, 5) is 2.62. The Labute approximate surface area is 86.8 Å². The highest BCUT2D eigenvalue weighted by Gasteiger charge is 2.37. The molecule has 3 nitrogen and oxygen atoms in total. The van der Waals surface area contributed by atoms with Crippen LogP contribution in [0.3, 0.4) is 0 Å². The molecule has 0 aromatic carbocycles. The zero-order valence-corrected chi connectivity index (χ0v) is 9.55. The highest BCUT2D eigenvalue weighted by Crippen LogP contribution is 2.29. The summed E-state index contributed by atoms with van der Waals surface area (Å²) in [5.74, 6) is 0. The van der Waals surface area contributed by atoms with Gasteiger partial charge in [-0.2, -0.15) is 0 Å². The van der Waals surface area contributed by atoms with Crippen molar-refractivity contribution in [2.45, 2.75) is 44.4 Å². The van der Waals surface area contributed by atoms with Crippen LogP contribution in [-0.2, 0) is 4.74 Å². The molecule has 0 aromatic rings. The molecule has 3 heteroatoms. The van der Waals surface area contributed by atoms with Gasteiger partial charge in [0.1, 0.15) is 0 Å². The van der Waals surface area contributed by atoms with Gasteiger partial charge in [-0.25, -0.2) is 0 Å². The van der Waals surface area contributed by atoms with E-state index in [1.54, 1.807) is 0 Å². The van der Waals surface area contributed by atoms with Crippen LogP contribution in [0.15, 0.2) is 0 Å². The molecule has 2 rings (SSSR count). The maximum atomic E-state index is 5.32. The van der Waals surface area contributed by atoms with Crippen molar-refractivity contribution in [1.29, 1.82) is 0 Å². The van der Waals surface area contributed by atoms with Gasteiger partial charge in [0.25, 0.3) is 0 Å². The van der Waals surface area contributed by atoms with Gasteiger partial charge in [-0.1, -0.05) is 0 Å². The number of piperazine rings is 1. The number of hydrogen-bond acceptors (Lipinski definition) is 3. The zero-order valence-electron chi connectivity index (χ0n) is 9.55. The molecule has 2 aliphatic rings. The maximum absolute atomic E-state index is 5.32. The van der Waals surface area contributed by atoms with Gasteiger partial charge >= 0.3 is 0 Å². The molecule has 0 amide bonds. The predicted octanol–water partition coefficient (Wildman–Crippen LogP) is 0.848. The molecule has 82 valence electrons. The highest BCUT2D eigenvalue weighted by atomic mass is 16.5. The van der Waals surface area contributed by atoms with Crippen LogP contribution in [0.4, 0.5) is 0 Å². The summed E-state index contributed by atoms with van der Waals surface area (Å²) in [6, 6.07) is 0.779. The Hall–Kier alpha value is -0.120. The van der Waals surface area contributed by atoms with Crippen molar-refractivity contribution in [2.75, 3.05) is 26.7 Å². The number of methoxy groups -OCH3 is 1. The first kappa shape index (κ1) is 10.4. The first-order valence-corrected chi connectivity index (χ1v) is 5.62. The molecule has 0 aromatic heterocycles. The van der Waals surface area contributed by atoms with E-state index in [9.17, 15) is 0 Å². The van der Waals surface area contributed by atoms with Crippen molar-refractivity contribution >= 4 is 0 Å². The van der Waals surface area contributed by atoms with Gasteiger partial charge in [-0.05, 0) is 26.7 Å². The minimum Gasteiger partial charge on any atom is -0.381 e. The van der Waals surface area contributed by atoms with Crippen LogP contribution in [0.25, 0.3) is 0 Å². The molecule has 0 spiro atoms. The molecule has 1 N–H and O–H groups in total. The van der Waals surface area contributed by atoms with Crippen LogP contribution in [0.1, 0.15) is 26.7 Å². The lowest BCUT2D eigenvalue weighted by Crippen LogP contribution is -2.62.